The molecule has 9 nitrogen and oxygen atoms in total. The molecule has 0 spiro atoms. The van der Waals surface area contributed by atoms with E-state index < -0.39 is 12.1 Å². The molecule has 2 aromatic heterocycles. The van der Waals surface area contributed by atoms with Crippen molar-refractivity contribution in [2.24, 2.45) is 0 Å². The van der Waals surface area contributed by atoms with Crippen molar-refractivity contribution in [2.45, 2.75) is 49.6 Å². The van der Waals surface area contributed by atoms with Crippen LogP contribution < -0.4 is 15.6 Å². The van der Waals surface area contributed by atoms with Crippen molar-refractivity contribution < 1.29 is 23.1 Å². The first-order valence-corrected chi connectivity index (χ1v) is 10.5. The highest BCUT2D eigenvalue weighted by Gasteiger charge is 2.40. The van der Waals surface area contributed by atoms with Crippen molar-refractivity contribution in [2.75, 3.05) is 24.2 Å². The Balaban J connectivity index is 0.000000318. The fraction of sp³-hybridized carbons (Fsp3) is 0.588. The Bertz CT molecular complexity index is 999. The van der Waals surface area contributed by atoms with Crippen molar-refractivity contribution in [3.8, 4) is 0 Å². The van der Waals surface area contributed by atoms with Crippen LogP contribution in [0, 0.1) is 0 Å². The fourth-order valence-corrected chi connectivity index (χ4v) is 3.86. The Morgan fingerprint density at radius 3 is 2.57 bits per heavy atom. The second-order valence-electron chi connectivity index (χ2n) is 6.83. The van der Waals surface area contributed by atoms with Gasteiger partial charge in [-0.3, -0.25) is 4.79 Å². The van der Waals surface area contributed by atoms with E-state index in [1.807, 2.05) is 6.26 Å². The first-order valence-electron chi connectivity index (χ1n) is 9.31. The zero-order valence-corrected chi connectivity index (χ0v) is 17.1. The third-order valence-corrected chi connectivity index (χ3v) is 5.65. The monoisotopic (exact) mass is 446 g/mol. The number of H-pyrrole nitrogens is 1. The molecule has 3 heterocycles. The summed E-state index contributed by atoms with van der Waals surface area (Å²) in [4.78, 5) is 32.0. The maximum Gasteiger partial charge on any atom is 0.490 e. The molecule has 2 fully saturated rings. The Morgan fingerprint density at radius 2 is 2.03 bits per heavy atom. The van der Waals surface area contributed by atoms with Gasteiger partial charge >= 0.3 is 12.1 Å². The number of carboxylic acid groups (broad SMARTS) is 1. The molecular weight excluding hydrogens is 425 g/mol. The molecule has 0 amide bonds. The molecule has 1 aliphatic carbocycles. The van der Waals surface area contributed by atoms with Gasteiger partial charge in [-0.15, -0.1) is 10.2 Å². The third kappa shape index (κ3) is 4.36. The van der Waals surface area contributed by atoms with Gasteiger partial charge in [-0.2, -0.15) is 13.2 Å². The number of thioether (sulfide) groups is 1. The number of aryl methyl sites for hydroxylation is 1. The van der Waals surface area contributed by atoms with Gasteiger partial charge in [0.25, 0.3) is 0 Å². The Labute approximate surface area is 173 Å². The van der Waals surface area contributed by atoms with E-state index in [1.54, 1.807) is 0 Å². The number of fused-ring (bicyclic) bond motifs is 2. The molecule has 2 aromatic rings. The molecule has 1 saturated heterocycles. The number of piperazine rings is 1. The predicted molar refractivity (Wildman–Crippen MR) is 105 cm³/mol. The number of halogens is 3. The van der Waals surface area contributed by atoms with Crippen LogP contribution in [-0.2, 0) is 11.2 Å². The number of hydrogen-bond acceptors (Lipinski definition) is 8. The fourth-order valence-electron chi connectivity index (χ4n) is 3.56. The molecule has 2 atom stereocenters. The highest BCUT2D eigenvalue weighted by atomic mass is 32.2. The van der Waals surface area contributed by atoms with E-state index >= 15 is 0 Å². The van der Waals surface area contributed by atoms with Crippen molar-refractivity contribution >= 4 is 34.6 Å². The van der Waals surface area contributed by atoms with Crippen LogP contribution in [0.15, 0.2) is 9.95 Å². The SMILES string of the molecule is CCc1[nH]c2nnc(SC)nc2c(=O)c1N1CCN[C@H]2CC[C@@H]21.O=C(O)C(F)(F)F. The maximum atomic E-state index is 13.1. The van der Waals surface area contributed by atoms with Crippen LogP contribution in [-0.4, -0.2) is 68.8 Å². The minimum Gasteiger partial charge on any atom is -0.475 e. The zero-order valence-electron chi connectivity index (χ0n) is 16.3. The first-order chi connectivity index (χ1) is 14.2. The van der Waals surface area contributed by atoms with Crippen LogP contribution >= 0.6 is 11.8 Å². The number of carboxylic acids is 1. The Hall–Kier alpha value is -2.41. The molecule has 0 unspecified atom stereocenters. The molecule has 0 radical (unpaired) electrons. The van der Waals surface area contributed by atoms with E-state index in [4.69, 9.17) is 9.90 Å². The van der Waals surface area contributed by atoms with Gasteiger partial charge in [0.2, 0.25) is 10.6 Å². The number of aliphatic carboxylic acids is 1. The molecule has 13 heteroatoms. The molecule has 0 bridgehead atoms. The third-order valence-electron chi connectivity index (χ3n) is 5.12. The van der Waals surface area contributed by atoms with Crippen LogP contribution in [0.3, 0.4) is 0 Å². The van der Waals surface area contributed by atoms with E-state index in [-0.39, 0.29) is 5.43 Å². The maximum absolute atomic E-state index is 13.1. The molecule has 3 N–H and O–H groups in total. The van der Waals surface area contributed by atoms with Crippen LogP contribution in [0.2, 0.25) is 0 Å². The van der Waals surface area contributed by atoms with Gasteiger partial charge in [-0.05, 0) is 25.5 Å². The van der Waals surface area contributed by atoms with Gasteiger partial charge in [0.05, 0.1) is 0 Å². The summed E-state index contributed by atoms with van der Waals surface area (Å²) in [5.74, 6) is -2.76. The van der Waals surface area contributed by atoms with Crippen LogP contribution in [0.5, 0.6) is 0 Å². The standard InChI is InChI=1S/C15H20N6OS.C2HF3O2/c1-3-8-12(21-7-6-16-9-4-5-10(9)21)13(22)11-14(17-8)19-20-15(18-11)23-2;3-2(4,5)1(6)7/h9-10,16H,3-7H2,1-2H3,(H,17,19,22);(H,6,7)/t9-,10-;/m0./s1. The van der Waals surface area contributed by atoms with Gasteiger partial charge in [-0.25, -0.2) is 9.78 Å². The van der Waals surface area contributed by atoms with Crippen molar-refractivity contribution in [1.29, 1.82) is 0 Å². The summed E-state index contributed by atoms with van der Waals surface area (Å²) in [7, 11) is 0. The first kappa shape index (κ1) is 22.3. The number of rotatable bonds is 3. The summed E-state index contributed by atoms with van der Waals surface area (Å²) in [5, 5.41) is 19.4. The number of aromatic nitrogens is 4. The van der Waals surface area contributed by atoms with Gasteiger partial charge in [0.1, 0.15) is 5.69 Å². The predicted octanol–water partition coefficient (Wildman–Crippen LogP) is 1.57. The highest BCUT2D eigenvalue weighted by Crippen LogP contribution is 2.32. The van der Waals surface area contributed by atoms with E-state index in [2.05, 4.69) is 37.3 Å². The molecule has 1 aliphatic heterocycles. The summed E-state index contributed by atoms with van der Waals surface area (Å²) >= 11 is 1.39. The number of carbonyl (C=O) groups is 1. The number of hydrogen-bond donors (Lipinski definition) is 3. The van der Waals surface area contributed by atoms with Gasteiger partial charge in [-0.1, -0.05) is 18.7 Å². The molecule has 0 aromatic carbocycles. The van der Waals surface area contributed by atoms with Crippen LogP contribution in [0.25, 0.3) is 11.2 Å². The molecule has 4 rings (SSSR count). The van der Waals surface area contributed by atoms with Gasteiger partial charge < -0.3 is 20.3 Å². The Morgan fingerprint density at radius 1 is 1.33 bits per heavy atom. The van der Waals surface area contributed by atoms with Crippen molar-refractivity contribution in [3.63, 3.8) is 0 Å². The van der Waals surface area contributed by atoms with Crippen molar-refractivity contribution in [3.05, 3.63) is 15.9 Å². The molecule has 2 aliphatic rings. The lowest BCUT2D eigenvalue weighted by molar-refractivity contribution is -0.192. The lowest BCUT2D eigenvalue weighted by Gasteiger charge is -2.50. The summed E-state index contributed by atoms with van der Waals surface area (Å²) in [6.07, 6.45) is -0.119. The summed E-state index contributed by atoms with van der Waals surface area (Å²) in [5.41, 5.74) is 2.57. The zero-order chi connectivity index (χ0) is 22.1. The lowest BCUT2D eigenvalue weighted by Crippen LogP contribution is -2.64. The smallest absolute Gasteiger partial charge is 0.475 e. The van der Waals surface area contributed by atoms with Crippen molar-refractivity contribution in [1.82, 2.24) is 25.5 Å². The molecule has 1 saturated carbocycles. The van der Waals surface area contributed by atoms with E-state index in [9.17, 15) is 18.0 Å². The topological polar surface area (TPSA) is 124 Å². The van der Waals surface area contributed by atoms with Gasteiger partial charge in [0, 0.05) is 30.9 Å². The summed E-state index contributed by atoms with van der Waals surface area (Å²) < 4.78 is 31.7. The second kappa shape index (κ2) is 8.76. The summed E-state index contributed by atoms with van der Waals surface area (Å²) in [6, 6.07) is 0.927. The van der Waals surface area contributed by atoms with E-state index in [1.165, 1.54) is 18.2 Å². The van der Waals surface area contributed by atoms with Crippen LogP contribution in [0.4, 0.5) is 18.9 Å². The lowest BCUT2D eigenvalue weighted by atomic mass is 9.83. The number of anilines is 1. The molecular formula is C17H21F3N6O3S. The molecule has 30 heavy (non-hydrogen) atoms. The largest absolute Gasteiger partial charge is 0.490 e. The average Bonchev–Trinajstić information content (AvgIpc) is 2.68. The van der Waals surface area contributed by atoms with E-state index in [0.717, 1.165) is 37.3 Å². The van der Waals surface area contributed by atoms with E-state index in [0.29, 0.717) is 28.4 Å². The second-order valence-corrected chi connectivity index (χ2v) is 7.61. The minimum absolute atomic E-state index is 0.0200. The number of nitrogens with one attached hydrogen (secondary N) is 2. The summed E-state index contributed by atoms with van der Waals surface area (Å²) in [6.45, 7) is 3.83. The number of pyridine rings is 1. The normalized spacial score (nSPS) is 20.8. The average molecular weight is 446 g/mol. The minimum atomic E-state index is -5.08. The number of nitrogens with zero attached hydrogens (tertiary/aromatic N) is 4. The van der Waals surface area contributed by atoms with Crippen LogP contribution in [0.1, 0.15) is 25.5 Å². The number of aromatic amines is 1. The Kier molecular flexibility index (Phi) is 6.50. The van der Waals surface area contributed by atoms with Gasteiger partial charge in [0.15, 0.2) is 11.2 Å². The molecule has 164 valence electrons. The number of alkyl halides is 3. The quantitative estimate of drug-likeness (QED) is 0.603. The highest BCUT2D eigenvalue weighted by molar-refractivity contribution is 7.98.